The van der Waals surface area contributed by atoms with Gasteiger partial charge in [0.1, 0.15) is 0 Å². The number of rotatable bonds is 6. The summed E-state index contributed by atoms with van der Waals surface area (Å²) in [5, 5.41) is 9.44. The molecule has 0 unspecified atom stereocenters. The summed E-state index contributed by atoms with van der Waals surface area (Å²) in [5.74, 6) is -3.61. The van der Waals surface area contributed by atoms with Gasteiger partial charge in [-0.15, -0.1) is 0 Å². The average molecular weight is 452 g/mol. The normalized spacial score (nSPS) is 23.6. The van der Waals surface area contributed by atoms with Gasteiger partial charge in [0.05, 0.1) is 6.42 Å². The number of aliphatic carboxylic acids is 1. The lowest BCUT2D eigenvalue weighted by Gasteiger charge is -2.41. The highest BCUT2D eigenvalue weighted by molar-refractivity contribution is 6.32. The first kappa shape index (κ1) is 23.5. The summed E-state index contributed by atoms with van der Waals surface area (Å²) in [6.45, 7) is 6.21. The van der Waals surface area contributed by atoms with E-state index in [0.717, 1.165) is 22.3 Å². The van der Waals surface area contributed by atoms with Gasteiger partial charge in [-0.1, -0.05) is 50.6 Å². The van der Waals surface area contributed by atoms with E-state index < -0.39 is 17.3 Å². The molecule has 0 bridgehead atoms. The Hall–Kier alpha value is -2.21. The molecule has 0 fully saturated rings. The molecule has 1 aromatic rings. The number of alkyl halides is 2. The number of hydrogen-bond acceptors (Lipinski definition) is 2. The lowest BCUT2D eigenvalue weighted by atomic mass is 9.68. The van der Waals surface area contributed by atoms with Gasteiger partial charge in [-0.2, -0.15) is 0 Å². The topological polar surface area (TPSA) is 57.6 Å². The largest absolute Gasteiger partial charge is 0.481 e. The van der Waals surface area contributed by atoms with Gasteiger partial charge in [-0.05, 0) is 40.7 Å². The summed E-state index contributed by atoms with van der Waals surface area (Å²) in [4.78, 5) is 25.2. The number of carboxylic acid groups (broad SMARTS) is 1. The average Bonchev–Trinajstić information content (AvgIpc) is 2.67. The standard InChI is InChI=1S/C24H28ClF2NO3/c1-15(2)19-14-28(11-8-22(30)31)21(29)13-23(19,3)17-4-5-18(20(25)12-17)16-6-9-24(26,27)10-7-16/h4-6,12,14-15H,7-11,13H2,1-3H3,(H,30,31)/t23-/m0/s1. The van der Waals surface area contributed by atoms with Crippen molar-refractivity contribution < 1.29 is 23.5 Å². The zero-order valence-corrected chi connectivity index (χ0v) is 18.8. The maximum atomic E-state index is 13.5. The second-order valence-electron chi connectivity index (χ2n) is 8.96. The predicted molar refractivity (Wildman–Crippen MR) is 117 cm³/mol. The Bertz CT molecular complexity index is 954. The van der Waals surface area contributed by atoms with Crippen molar-refractivity contribution in [2.24, 2.45) is 5.92 Å². The molecule has 168 valence electrons. The maximum absolute atomic E-state index is 13.5. The molecular weight excluding hydrogens is 424 g/mol. The molecule has 1 heterocycles. The molecule has 1 amide bonds. The molecule has 0 saturated carbocycles. The fourth-order valence-corrected chi connectivity index (χ4v) is 4.81. The Kier molecular flexibility index (Phi) is 6.61. The van der Waals surface area contributed by atoms with E-state index in [1.807, 2.05) is 39.0 Å². The molecular formula is C24H28ClF2NO3. The molecule has 4 nitrogen and oxygen atoms in total. The molecule has 31 heavy (non-hydrogen) atoms. The molecule has 1 N–H and O–H groups in total. The van der Waals surface area contributed by atoms with E-state index in [9.17, 15) is 18.4 Å². The van der Waals surface area contributed by atoms with E-state index in [1.165, 1.54) is 4.90 Å². The first-order valence-corrected chi connectivity index (χ1v) is 10.9. The second-order valence-corrected chi connectivity index (χ2v) is 9.37. The van der Waals surface area contributed by atoms with Gasteiger partial charge >= 0.3 is 5.97 Å². The van der Waals surface area contributed by atoms with Gasteiger partial charge in [0.25, 0.3) is 5.92 Å². The van der Waals surface area contributed by atoms with E-state index in [2.05, 4.69) is 0 Å². The molecule has 1 aliphatic heterocycles. The van der Waals surface area contributed by atoms with Crippen molar-refractivity contribution >= 4 is 29.1 Å². The van der Waals surface area contributed by atoms with Crippen molar-refractivity contribution in [3.05, 3.63) is 52.2 Å². The van der Waals surface area contributed by atoms with Gasteiger partial charge < -0.3 is 10.0 Å². The summed E-state index contributed by atoms with van der Waals surface area (Å²) in [6, 6.07) is 5.61. The number of benzene rings is 1. The van der Waals surface area contributed by atoms with Crippen molar-refractivity contribution in [1.82, 2.24) is 4.90 Å². The molecule has 3 rings (SSSR count). The Morgan fingerprint density at radius 3 is 2.58 bits per heavy atom. The van der Waals surface area contributed by atoms with Crippen LogP contribution in [0.2, 0.25) is 5.02 Å². The molecule has 0 spiro atoms. The second kappa shape index (κ2) is 8.73. The van der Waals surface area contributed by atoms with Crippen LogP contribution in [0.3, 0.4) is 0 Å². The van der Waals surface area contributed by atoms with Crippen LogP contribution in [-0.4, -0.2) is 34.4 Å². The number of carbonyl (C=O) groups excluding carboxylic acids is 1. The zero-order valence-electron chi connectivity index (χ0n) is 18.1. The smallest absolute Gasteiger partial charge is 0.305 e. The third-order valence-electron chi connectivity index (χ3n) is 6.31. The van der Waals surface area contributed by atoms with Crippen LogP contribution >= 0.6 is 11.6 Å². The quantitative estimate of drug-likeness (QED) is 0.573. The molecule has 1 aromatic carbocycles. The van der Waals surface area contributed by atoms with Crippen molar-refractivity contribution in [3.63, 3.8) is 0 Å². The molecule has 1 atom stereocenters. The Morgan fingerprint density at radius 2 is 2.03 bits per heavy atom. The first-order valence-electron chi connectivity index (χ1n) is 10.5. The Balaban J connectivity index is 1.94. The van der Waals surface area contributed by atoms with E-state index >= 15 is 0 Å². The van der Waals surface area contributed by atoms with Gasteiger partial charge in [0, 0.05) is 42.4 Å². The third kappa shape index (κ3) is 5.00. The molecule has 0 radical (unpaired) electrons. The molecule has 7 heteroatoms. The number of nitrogens with zero attached hydrogens (tertiary/aromatic N) is 1. The first-order chi connectivity index (χ1) is 14.4. The van der Waals surface area contributed by atoms with Gasteiger partial charge in [-0.25, -0.2) is 8.78 Å². The minimum atomic E-state index is -2.66. The van der Waals surface area contributed by atoms with Crippen LogP contribution in [-0.2, 0) is 15.0 Å². The van der Waals surface area contributed by atoms with E-state index in [1.54, 1.807) is 12.3 Å². The summed E-state index contributed by atoms with van der Waals surface area (Å²) in [7, 11) is 0. The lowest BCUT2D eigenvalue weighted by Crippen LogP contribution is -2.42. The minimum Gasteiger partial charge on any atom is -0.481 e. The summed E-state index contributed by atoms with van der Waals surface area (Å²) < 4.78 is 27.0. The summed E-state index contributed by atoms with van der Waals surface area (Å²) >= 11 is 6.58. The Morgan fingerprint density at radius 1 is 1.32 bits per heavy atom. The number of allylic oxidation sites excluding steroid dienone is 3. The van der Waals surface area contributed by atoms with Crippen LogP contribution in [0.15, 0.2) is 36.0 Å². The van der Waals surface area contributed by atoms with E-state index in [4.69, 9.17) is 16.7 Å². The number of carboxylic acids is 1. The van der Waals surface area contributed by atoms with E-state index in [0.29, 0.717) is 5.02 Å². The van der Waals surface area contributed by atoms with Crippen LogP contribution in [0, 0.1) is 5.92 Å². The summed E-state index contributed by atoms with van der Waals surface area (Å²) in [5.41, 5.74) is 2.91. The maximum Gasteiger partial charge on any atom is 0.305 e. The minimum absolute atomic E-state index is 0.112. The van der Waals surface area contributed by atoms with Crippen molar-refractivity contribution in [1.29, 1.82) is 0 Å². The van der Waals surface area contributed by atoms with E-state index in [-0.39, 0.29) is 50.5 Å². The third-order valence-corrected chi connectivity index (χ3v) is 6.62. The van der Waals surface area contributed by atoms with Crippen LogP contribution in [0.25, 0.3) is 5.57 Å². The predicted octanol–water partition coefficient (Wildman–Crippen LogP) is 6.05. The molecule has 0 aromatic heterocycles. The number of halogens is 3. The van der Waals surface area contributed by atoms with Crippen molar-refractivity contribution in [3.8, 4) is 0 Å². The highest BCUT2D eigenvalue weighted by Crippen LogP contribution is 2.45. The number of hydrogen-bond donors (Lipinski definition) is 1. The van der Waals surface area contributed by atoms with Gasteiger partial charge in [-0.3, -0.25) is 9.59 Å². The van der Waals surface area contributed by atoms with Crippen molar-refractivity contribution in [2.75, 3.05) is 6.54 Å². The van der Waals surface area contributed by atoms with Crippen LogP contribution < -0.4 is 0 Å². The van der Waals surface area contributed by atoms with Gasteiger partial charge in [0.15, 0.2) is 0 Å². The fraction of sp³-hybridized carbons (Fsp3) is 0.500. The molecule has 0 saturated heterocycles. The van der Waals surface area contributed by atoms with Crippen LogP contribution in [0.5, 0.6) is 0 Å². The highest BCUT2D eigenvalue weighted by Gasteiger charge is 2.40. The monoisotopic (exact) mass is 451 g/mol. The summed E-state index contributed by atoms with van der Waals surface area (Å²) in [6.07, 6.45) is 3.26. The zero-order chi connectivity index (χ0) is 23.0. The van der Waals surface area contributed by atoms with Gasteiger partial charge in [0.2, 0.25) is 5.91 Å². The molecule has 1 aliphatic carbocycles. The molecule has 2 aliphatic rings. The lowest BCUT2D eigenvalue weighted by molar-refractivity contribution is -0.138. The number of carbonyl (C=O) groups is 2. The van der Waals surface area contributed by atoms with Crippen LogP contribution in [0.1, 0.15) is 64.0 Å². The highest BCUT2D eigenvalue weighted by atomic mass is 35.5. The van der Waals surface area contributed by atoms with Crippen LogP contribution in [0.4, 0.5) is 8.78 Å². The van der Waals surface area contributed by atoms with Crippen molar-refractivity contribution in [2.45, 2.75) is 64.2 Å². The fourth-order valence-electron chi connectivity index (χ4n) is 4.51. The number of amides is 1. The Labute approximate surface area is 186 Å². The SMILES string of the molecule is CC(C)C1=CN(CCC(=O)O)C(=O)C[C@@]1(C)c1ccc(C2=CCC(F)(F)CC2)c(Cl)c1.